The molecule has 0 aliphatic heterocycles. The van der Waals surface area contributed by atoms with E-state index in [1.807, 2.05) is 0 Å². The first kappa shape index (κ1) is 11.7. The van der Waals surface area contributed by atoms with E-state index in [2.05, 4.69) is 56.5 Å². The second kappa shape index (κ2) is 4.21. The molecule has 1 aliphatic rings. The van der Waals surface area contributed by atoms with Crippen LogP contribution in [0.15, 0.2) is 30.3 Å². The molecule has 1 aromatic carbocycles. The van der Waals surface area contributed by atoms with Gasteiger partial charge in [0, 0.05) is 11.0 Å². The highest BCUT2D eigenvalue weighted by Gasteiger charge is 2.46. The predicted molar refractivity (Wildman–Crippen MR) is 69.7 cm³/mol. The fourth-order valence-electron chi connectivity index (χ4n) is 3.25. The standard InChI is InChI=1S/C15H23N/c1-14(2,16-3)15(11-7-8-12-15)13-9-5-4-6-10-13/h4-6,9-10,16H,7-8,11-12H2,1-3H3. The van der Waals surface area contributed by atoms with Crippen LogP contribution in [-0.4, -0.2) is 12.6 Å². The van der Waals surface area contributed by atoms with Gasteiger partial charge in [0.2, 0.25) is 0 Å². The van der Waals surface area contributed by atoms with Gasteiger partial charge in [0.1, 0.15) is 0 Å². The molecule has 0 amide bonds. The molecule has 1 heteroatoms. The van der Waals surface area contributed by atoms with Crippen molar-refractivity contribution in [2.45, 2.75) is 50.5 Å². The molecule has 1 saturated carbocycles. The maximum atomic E-state index is 3.52. The van der Waals surface area contributed by atoms with Gasteiger partial charge in [0.05, 0.1) is 0 Å². The van der Waals surface area contributed by atoms with Gasteiger partial charge in [-0.05, 0) is 39.3 Å². The molecule has 0 saturated heterocycles. The van der Waals surface area contributed by atoms with Crippen LogP contribution >= 0.6 is 0 Å². The van der Waals surface area contributed by atoms with E-state index in [1.54, 1.807) is 0 Å². The Hall–Kier alpha value is -0.820. The summed E-state index contributed by atoms with van der Waals surface area (Å²) in [5.41, 5.74) is 2.00. The van der Waals surface area contributed by atoms with Crippen molar-refractivity contribution in [3.63, 3.8) is 0 Å². The minimum Gasteiger partial charge on any atom is -0.314 e. The molecule has 1 nitrogen and oxygen atoms in total. The monoisotopic (exact) mass is 217 g/mol. The Kier molecular flexibility index (Phi) is 3.07. The molecule has 1 fully saturated rings. The number of hydrogen-bond donors (Lipinski definition) is 1. The number of hydrogen-bond acceptors (Lipinski definition) is 1. The molecule has 88 valence electrons. The van der Waals surface area contributed by atoms with E-state index in [-0.39, 0.29) is 5.54 Å². The van der Waals surface area contributed by atoms with Crippen LogP contribution in [0, 0.1) is 0 Å². The summed E-state index contributed by atoms with van der Waals surface area (Å²) in [5.74, 6) is 0. The summed E-state index contributed by atoms with van der Waals surface area (Å²) in [5, 5.41) is 3.52. The van der Waals surface area contributed by atoms with E-state index in [9.17, 15) is 0 Å². The van der Waals surface area contributed by atoms with Crippen LogP contribution in [0.3, 0.4) is 0 Å². The SMILES string of the molecule is CNC(C)(C)C1(c2ccccc2)CCCC1. The highest BCUT2D eigenvalue weighted by atomic mass is 15.0. The Morgan fingerprint density at radius 3 is 2.12 bits per heavy atom. The zero-order valence-electron chi connectivity index (χ0n) is 10.7. The fourth-order valence-corrected chi connectivity index (χ4v) is 3.25. The molecule has 0 atom stereocenters. The quantitative estimate of drug-likeness (QED) is 0.817. The number of rotatable bonds is 3. The molecule has 0 unspecified atom stereocenters. The average molecular weight is 217 g/mol. The topological polar surface area (TPSA) is 12.0 Å². The van der Waals surface area contributed by atoms with Crippen molar-refractivity contribution in [1.82, 2.24) is 5.32 Å². The van der Waals surface area contributed by atoms with Crippen molar-refractivity contribution >= 4 is 0 Å². The second-order valence-electron chi connectivity index (χ2n) is 5.53. The van der Waals surface area contributed by atoms with Crippen LogP contribution in [-0.2, 0) is 5.41 Å². The van der Waals surface area contributed by atoms with E-state index in [0.717, 1.165) is 0 Å². The average Bonchev–Trinajstić information content (AvgIpc) is 2.81. The van der Waals surface area contributed by atoms with Gasteiger partial charge in [-0.2, -0.15) is 0 Å². The van der Waals surface area contributed by atoms with Gasteiger partial charge in [-0.15, -0.1) is 0 Å². The van der Waals surface area contributed by atoms with Gasteiger partial charge < -0.3 is 5.32 Å². The van der Waals surface area contributed by atoms with Crippen molar-refractivity contribution in [3.05, 3.63) is 35.9 Å². The third kappa shape index (κ3) is 1.67. The third-order valence-corrected chi connectivity index (χ3v) is 4.60. The normalized spacial score (nSPS) is 19.9. The molecule has 0 radical (unpaired) electrons. The second-order valence-corrected chi connectivity index (χ2v) is 5.53. The Bertz CT molecular complexity index is 334. The fraction of sp³-hybridized carbons (Fsp3) is 0.600. The summed E-state index contributed by atoms with van der Waals surface area (Å²) >= 11 is 0. The zero-order valence-corrected chi connectivity index (χ0v) is 10.7. The highest BCUT2D eigenvalue weighted by Crippen LogP contribution is 2.48. The molecule has 1 aromatic rings. The largest absolute Gasteiger partial charge is 0.314 e. The van der Waals surface area contributed by atoms with E-state index < -0.39 is 0 Å². The van der Waals surface area contributed by atoms with Crippen LogP contribution in [0.1, 0.15) is 45.1 Å². The molecule has 2 rings (SSSR count). The summed E-state index contributed by atoms with van der Waals surface area (Å²) in [4.78, 5) is 0. The molecular formula is C15H23N. The lowest BCUT2D eigenvalue weighted by molar-refractivity contribution is 0.217. The number of likely N-dealkylation sites (N-methyl/N-ethyl adjacent to an activating group) is 1. The molecule has 0 spiro atoms. The van der Waals surface area contributed by atoms with Crippen LogP contribution < -0.4 is 5.32 Å². The summed E-state index contributed by atoms with van der Waals surface area (Å²) < 4.78 is 0. The summed E-state index contributed by atoms with van der Waals surface area (Å²) in [7, 11) is 2.09. The van der Waals surface area contributed by atoms with Crippen molar-refractivity contribution in [1.29, 1.82) is 0 Å². The van der Waals surface area contributed by atoms with Crippen LogP contribution in [0.25, 0.3) is 0 Å². The molecule has 16 heavy (non-hydrogen) atoms. The lowest BCUT2D eigenvalue weighted by Gasteiger charge is -2.45. The first-order valence-electron chi connectivity index (χ1n) is 6.37. The minimum atomic E-state index is 0.171. The Morgan fingerprint density at radius 1 is 1.06 bits per heavy atom. The maximum absolute atomic E-state index is 3.52. The zero-order chi connectivity index (χ0) is 11.6. The van der Waals surface area contributed by atoms with Crippen LogP contribution in [0.2, 0.25) is 0 Å². The van der Waals surface area contributed by atoms with Gasteiger partial charge in [-0.25, -0.2) is 0 Å². The van der Waals surface area contributed by atoms with Crippen molar-refractivity contribution in [2.75, 3.05) is 7.05 Å². The predicted octanol–water partition coefficient (Wildman–Crippen LogP) is 3.50. The summed E-state index contributed by atoms with van der Waals surface area (Å²) in [6.07, 6.45) is 5.34. The van der Waals surface area contributed by atoms with E-state index in [0.29, 0.717) is 5.41 Å². The molecule has 1 N–H and O–H groups in total. The lowest BCUT2D eigenvalue weighted by atomic mass is 9.65. The maximum Gasteiger partial charge on any atom is 0.0218 e. The van der Waals surface area contributed by atoms with Crippen molar-refractivity contribution < 1.29 is 0 Å². The first-order valence-corrected chi connectivity index (χ1v) is 6.37. The van der Waals surface area contributed by atoms with Gasteiger partial charge in [0.25, 0.3) is 0 Å². The molecule has 0 bridgehead atoms. The Labute approximate surface area is 99.3 Å². The van der Waals surface area contributed by atoms with Gasteiger partial charge in [0.15, 0.2) is 0 Å². The number of nitrogens with one attached hydrogen (secondary N) is 1. The molecule has 1 aliphatic carbocycles. The van der Waals surface area contributed by atoms with Gasteiger partial charge in [-0.3, -0.25) is 0 Å². The van der Waals surface area contributed by atoms with E-state index in [1.165, 1.54) is 31.2 Å². The molecule has 0 aromatic heterocycles. The van der Waals surface area contributed by atoms with E-state index in [4.69, 9.17) is 0 Å². The van der Waals surface area contributed by atoms with Crippen LogP contribution in [0.4, 0.5) is 0 Å². The molecule has 0 heterocycles. The van der Waals surface area contributed by atoms with Gasteiger partial charge in [-0.1, -0.05) is 43.2 Å². The van der Waals surface area contributed by atoms with Crippen molar-refractivity contribution in [3.8, 4) is 0 Å². The Morgan fingerprint density at radius 2 is 1.62 bits per heavy atom. The Balaban J connectivity index is 2.44. The molecular weight excluding hydrogens is 194 g/mol. The van der Waals surface area contributed by atoms with Crippen LogP contribution in [0.5, 0.6) is 0 Å². The lowest BCUT2D eigenvalue weighted by Crippen LogP contribution is -2.54. The first-order chi connectivity index (χ1) is 7.62. The minimum absolute atomic E-state index is 0.171. The summed E-state index contributed by atoms with van der Waals surface area (Å²) in [6, 6.07) is 11.0. The van der Waals surface area contributed by atoms with Crippen molar-refractivity contribution in [2.24, 2.45) is 0 Å². The van der Waals surface area contributed by atoms with E-state index >= 15 is 0 Å². The summed E-state index contributed by atoms with van der Waals surface area (Å²) in [6.45, 7) is 4.68. The third-order valence-electron chi connectivity index (χ3n) is 4.60. The highest BCUT2D eigenvalue weighted by molar-refractivity contribution is 5.31. The smallest absolute Gasteiger partial charge is 0.0218 e. The number of benzene rings is 1. The van der Waals surface area contributed by atoms with Gasteiger partial charge >= 0.3 is 0 Å².